The van der Waals surface area contributed by atoms with Crippen molar-refractivity contribution in [1.29, 1.82) is 0 Å². The molecule has 1 aromatic heterocycles. The van der Waals surface area contributed by atoms with Gasteiger partial charge in [-0.3, -0.25) is 14.8 Å². The maximum atomic E-state index is 14.8. The molecule has 0 spiro atoms. The predicted molar refractivity (Wildman–Crippen MR) is 103 cm³/mol. The number of ether oxygens (including phenoxy) is 2. The first-order valence-electron chi connectivity index (χ1n) is 9.23. The van der Waals surface area contributed by atoms with E-state index < -0.39 is 59.7 Å². The monoisotopic (exact) mass is 477 g/mol. The number of anilines is 1. The Hall–Kier alpha value is -3.42. The zero-order chi connectivity index (χ0) is 24.4. The van der Waals surface area contributed by atoms with Crippen LogP contribution >= 0.6 is 0 Å². The van der Waals surface area contributed by atoms with Crippen molar-refractivity contribution in [2.45, 2.75) is 24.6 Å². The van der Waals surface area contributed by atoms with Crippen molar-refractivity contribution in [3.05, 3.63) is 47.7 Å². The van der Waals surface area contributed by atoms with Gasteiger partial charge in [0.05, 0.1) is 12.4 Å². The number of amides is 1. The van der Waals surface area contributed by atoms with Crippen LogP contribution in [0.1, 0.15) is 23.0 Å². The van der Waals surface area contributed by atoms with Crippen molar-refractivity contribution in [1.82, 2.24) is 9.97 Å². The van der Waals surface area contributed by atoms with E-state index in [0.29, 0.717) is 0 Å². The molecular weight excluding hydrogens is 460 g/mol. The van der Waals surface area contributed by atoms with Gasteiger partial charge in [0.2, 0.25) is 5.88 Å². The number of hydrogen-bond donors (Lipinski definition) is 2. The summed E-state index contributed by atoms with van der Waals surface area (Å²) in [6.45, 7) is -2.10. The molecule has 2 aromatic rings. The SMILES string of the molecule is C[C@]1(c2cc(NC(=O)c3cncc(OCC(F)(F)F)n3)ccc2F)N=C(N)COCC1(F)F. The van der Waals surface area contributed by atoms with Crippen molar-refractivity contribution < 1.29 is 40.6 Å². The Morgan fingerprint density at radius 3 is 2.73 bits per heavy atom. The number of nitrogens with one attached hydrogen (secondary N) is 1. The predicted octanol–water partition coefficient (Wildman–Crippen LogP) is 3.05. The lowest BCUT2D eigenvalue weighted by atomic mass is 9.85. The fraction of sp³-hybridized carbons (Fsp3) is 0.368. The van der Waals surface area contributed by atoms with E-state index in [1.165, 1.54) is 0 Å². The van der Waals surface area contributed by atoms with Crippen LogP contribution in [0.25, 0.3) is 0 Å². The summed E-state index contributed by atoms with van der Waals surface area (Å²) in [6.07, 6.45) is -2.81. The maximum Gasteiger partial charge on any atom is 0.422 e. The molecule has 8 nitrogen and oxygen atoms in total. The molecule has 1 amide bonds. The van der Waals surface area contributed by atoms with E-state index in [0.717, 1.165) is 37.5 Å². The molecule has 1 aliphatic heterocycles. The summed E-state index contributed by atoms with van der Waals surface area (Å²) in [6, 6.07) is 2.88. The number of benzene rings is 1. The molecule has 0 unspecified atom stereocenters. The number of aromatic nitrogens is 2. The summed E-state index contributed by atoms with van der Waals surface area (Å²) in [4.78, 5) is 23.4. The Kier molecular flexibility index (Phi) is 6.49. The van der Waals surface area contributed by atoms with Crippen molar-refractivity contribution in [2.24, 2.45) is 10.7 Å². The van der Waals surface area contributed by atoms with Gasteiger partial charge in [-0.05, 0) is 25.1 Å². The van der Waals surface area contributed by atoms with Gasteiger partial charge < -0.3 is 20.5 Å². The molecule has 33 heavy (non-hydrogen) atoms. The summed E-state index contributed by atoms with van der Waals surface area (Å²) < 4.78 is 90.2. The fourth-order valence-corrected chi connectivity index (χ4v) is 2.94. The van der Waals surface area contributed by atoms with E-state index in [-0.39, 0.29) is 18.1 Å². The van der Waals surface area contributed by atoms with E-state index in [1.807, 2.05) is 0 Å². The second kappa shape index (κ2) is 8.84. The van der Waals surface area contributed by atoms with Crippen LogP contribution < -0.4 is 15.8 Å². The van der Waals surface area contributed by atoms with Gasteiger partial charge in [-0.15, -0.1) is 0 Å². The zero-order valence-corrected chi connectivity index (χ0v) is 16.9. The number of nitrogens with two attached hydrogens (primary N) is 1. The summed E-state index contributed by atoms with van der Waals surface area (Å²) in [5.74, 6) is -6.46. The number of carbonyl (C=O) groups excluding carboxylic acids is 1. The largest absolute Gasteiger partial charge is 0.467 e. The number of alkyl halides is 5. The summed E-state index contributed by atoms with van der Waals surface area (Å²) in [5.41, 5.74) is 2.03. The number of rotatable bonds is 5. The molecule has 1 aromatic carbocycles. The van der Waals surface area contributed by atoms with Gasteiger partial charge in [0.1, 0.15) is 24.9 Å². The third-order valence-corrected chi connectivity index (χ3v) is 4.59. The van der Waals surface area contributed by atoms with Gasteiger partial charge in [0.25, 0.3) is 11.8 Å². The van der Waals surface area contributed by atoms with E-state index in [2.05, 4.69) is 25.0 Å². The minimum absolute atomic E-state index is 0.115. The van der Waals surface area contributed by atoms with Crippen LogP contribution in [0.2, 0.25) is 0 Å². The van der Waals surface area contributed by atoms with Gasteiger partial charge in [0, 0.05) is 11.3 Å². The van der Waals surface area contributed by atoms with Crippen molar-refractivity contribution in [3.63, 3.8) is 0 Å². The second-order valence-electron chi connectivity index (χ2n) is 7.17. The molecule has 3 N–H and O–H groups in total. The quantitative estimate of drug-likeness (QED) is 0.641. The first-order valence-corrected chi connectivity index (χ1v) is 9.23. The minimum Gasteiger partial charge on any atom is -0.467 e. The van der Waals surface area contributed by atoms with Crippen LogP contribution in [-0.2, 0) is 10.3 Å². The van der Waals surface area contributed by atoms with Gasteiger partial charge in [-0.1, -0.05) is 0 Å². The van der Waals surface area contributed by atoms with Crippen LogP contribution in [-0.4, -0.2) is 53.6 Å². The highest BCUT2D eigenvalue weighted by atomic mass is 19.4. The Bertz CT molecular complexity index is 1080. The van der Waals surface area contributed by atoms with Gasteiger partial charge >= 0.3 is 6.18 Å². The Balaban J connectivity index is 1.87. The summed E-state index contributed by atoms with van der Waals surface area (Å²) in [5, 5.41) is 2.29. The van der Waals surface area contributed by atoms with Crippen LogP contribution in [0.5, 0.6) is 5.88 Å². The highest BCUT2D eigenvalue weighted by Crippen LogP contribution is 2.44. The Morgan fingerprint density at radius 2 is 2.03 bits per heavy atom. The molecule has 0 aliphatic carbocycles. The second-order valence-corrected chi connectivity index (χ2v) is 7.17. The zero-order valence-electron chi connectivity index (χ0n) is 16.9. The van der Waals surface area contributed by atoms with Crippen molar-refractivity contribution in [2.75, 3.05) is 25.1 Å². The molecule has 0 bridgehead atoms. The van der Waals surface area contributed by atoms with E-state index in [4.69, 9.17) is 10.5 Å². The average Bonchev–Trinajstić information content (AvgIpc) is 2.82. The molecule has 0 saturated carbocycles. The molecule has 0 radical (unpaired) electrons. The first kappa shape index (κ1) is 24.2. The van der Waals surface area contributed by atoms with Crippen LogP contribution in [0.3, 0.4) is 0 Å². The molecule has 2 heterocycles. The lowest BCUT2D eigenvalue weighted by Crippen LogP contribution is -2.45. The van der Waals surface area contributed by atoms with Crippen molar-refractivity contribution >= 4 is 17.4 Å². The highest BCUT2D eigenvalue weighted by molar-refractivity contribution is 6.02. The van der Waals surface area contributed by atoms with Gasteiger partial charge in [0.15, 0.2) is 17.8 Å². The normalized spacial score (nSPS) is 20.5. The number of amidine groups is 1. The number of halogens is 6. The number of hydrogen-bond acceptors (Lipinski definition) is 7. The average molecular weight is 477 g/mol. The smallest absolute Gasteiger partial charge is 0.422 e. The molecule has 14 heteroatoms. The number of nitrogens with zero attached hydrogens (tertiary/aromatic N) is 3. The minimum atomic E-state index is -4.63. The van der Waals surface area contributed by atoms with Gasteiger partial charge in [-0.25, -0.2) is 18.2 Å². The fourth-order valence-electron chi connectivity index (χ4n) is 2.94. The Morgan fingerprint density at radius 1 is 1.30 bits per heavy atom. The van der Waals surface area contributed by atoms with Crippen LogP contribution in [0.15, 0.2) is 35.6 Å². The number of aliphatic imine (C=N–C) groups is 1. The third-order valence-electron chi connectivity index (χ3n) is 4.59. The topological polar surface area (TPSA) is 112 Å². The molecule has 1 aliphatic rings. The van der Waals surface area contributed by atoms with Gasteiger partial charge in [-0.2, -0.15) is 13.2 Å². The standard InChI is InChI=1S/C19H17F6N5O3/c1-17(18(21,22)8-32-7-14(26)30-17)11-4-10(2-3-12(11)20)28-16(31)13-5-27-6-15(29-13)33-9-19(23,24)25/h2-6H,7-9H2,1H3,(H2,26,30)(H,28,31)/t17-/m1/s1. The van der Waals surface area contributed by atoms with Crippen molar-refractivity contribution in [3.8, 4) is 5.88 Å². The van der Waals surface area contributed by atoms with E-state index in [1.54, 1.807) is 0 Å². The van der Waals surface area contributed by atoms with E-state index >= 15 is 0 Å². The lowest BCUT2D eigenvalue weighted by Gasteiger charge is -2.33. The highest BCUT2D eigenvalue weighted by Gasteiger charge is 2.54. The molecular formula is C19H17F6N5O3. The van der Waals surface area contributed by atoms with Crippen LogP contribution in [0.4, 0.5) is 32.0 Å². The maximum absolute atomic E-state index is 14.8. The first-order chi connectivity index (χ1) is 15.3. The Labute approximate surface area is 182 Å². The lowest BCUT2D eigenvalue weighted by molar-refractivity contribution is -0.154. The molecule has 1 atom stereocenters. The third kappa shape index (κ3) is 5.50. The molecule has 178 valence electrons. The summed E-state index contributed by atoms with van der Waals surface area (Å²) >= 11 is 0. The van der Waals surface area contributed by atoms with Crippen LogP contribution in [0, 0.1) is 5.82 Å². The van der Waals surface area contributed by atoms with E-state index in [9.17, 15) is 31.1 Å². The summed E-state index contributed by atoms with van der Waals surface area (Å²) in [7, 11) is 0. The molecule has 0 fully saturated rings. The molecule has 0 saturated heterocycles. The molecule has 3 rings (SSSR count). The number of carbonyl (C=O) groups is 1.